The van der Waals surface area contributed by atoms with E-state index in [-0.39, 0.29) is 18.3 Å². The number of amides is 1. The van der Waals surface area contributed by atoms with Gasteiger partial charge in [-0.25, -0.2) is 4.98 Å². The number of methoxy groups -OCH3 is 1. The lowest BCUT2D eigenvalue weighted by molar-refractivity contribution is -0.121. The van der Waals surface area contributed by atoms with Crippen LogP contribution in [0.15, 0.2) is 36.7 Å². The third-order valence-corrected chi connectivity index (χ3v) is 5.59. The number of aromatic nitrogens is 2. The van der Waals surface area contributed by atoms with Crippen molar-refractivity contribution in [3.63, 3.8) is 0 Å². The molecule has 8 heteroatoms. The number of fused-ring (bicyclic) bond motifs is 3. The van der Waals surface area contributed by atoms with Gasteiger partial charge in [0.05, 0.1) is 35.1 Å². The molecule has 0 bridgehead atoms. The molecule has 7 nitrogen and oxygen atoms in total. The zero-order chi connectivity index (χ0) is 19.2. The highest BCUT2D eigenvalue weighted by molar-refractivity contribution is 14.1. The topological polar surface area (TPSA) is 96.1 Å². The summed E-state index contributed by atoms with van der Waals surface area (Å²) in [4.78, 5) is 33.1. The second kappa shape index (κ2) is 6.61. The lowest BCUT2D eigenvalue weighted by Gasteiger charge is -2.35. The van der Waals surface area contributed by atoms with Crippen LogP contribution in [0, 0.1) is 3.57 Å². The van der Waals surface area contributed by atoms with Gasteiger partial charge in [0, 0.05) is 22.4 Å². The number of aromatic amines is 1. The molecule has 0 aliphatic carbocycles. The van der Waals surface area contributed by atoms with Gasteiger partial charge in [-0.2, -0.15) is 0 Å². The van der Waals surface area contributed by atoms with Crippen LogP contribution in [0.25, 0.3) is 11.0 Å². The summed E-state index contributed by atoms with van der Waals surface area (Å²) < 4.78 is 6.08. The number of nitrogens with one attached hydrogen (secondary N) is 3. The summed E-state index contributed by atoms with van der Waals surface area (Å²) in [5.41, 5.74) is 1.95. The molecule has 3 heterocycles. The molecule has 0 unspecified atom stereocenters. The van der Waals surface area contributed by atoms with E-state index in [9.17, 15) is 9.59 Å². The summed E-state index contributed by atoms with van der Waals surface area (Å²) in [7, 11) is 1.54. The highest BCUT2D eigenvalue weighted by Gasteiger charge is 2.39. The first-order valence-corrected chi connectivity index (χ1v) is 9.40. The monoisotopic (exact) mass is 476 g/mol. The average molecular weight is 476 g/mol. The Hall–Kier alpha value is -2.46. The minimum absolute atomic E-state index is 0.103. The molecule has 2 aromatic heterocycles. The number of benzene rings is 1. The van der Waals surface area contributed by atoms with Crippen molar-refractivity contribution < 1.29 is 14.3 Å². The van der Waals surface area contributed by atoms with Crippen molar-refractivity contribution in [2.75, 3.05) is 24.4 Å². The van der Waals surface area contributed by atoms with Crippen molar-refractivity contribution in [3.8, 4) is 0 Å². The van der Waals surface area contributed by atoms with Crippen molar-refractivity contribution in [1.29, 1.82) is 0 Å². The molecule has 1 aliphatic rings. The highest BCUT2D eigenvalue weighted by atomic mass is 127. The summed E-state index contributed by atoms with van der Waals surface area (Å²) in [6.45, 7) is 1.95. The molecule has 1 amide bonds. The zero-order valence-corrected chi connectivity index (χ0v) is 16.9. The van der Waals surface area contributed by atoms with Gasteiger partial charge in [0.2, 0.25) is 0 Å². The third-order valence-electron chi connectivity index (χ3n) is 4.65. The maximum absolute atomic E-state index is 13.2. The highest BCUT2D eigenvalue weighted by Crippen LogP contribution is 2.38. The van der Waals surface area contributed by atoms with Gasteiger partial charge in [-0.05, 0) is 41.6 Å². The van der Waals surface area contributed by atoms with Gasteiger partial charge in [-0.3, -0.25) is 9.59 Å². The Morgan fingerprint density at radius 2 is 2.07 bits per heavy atom. The normalized spacial score (nSPS) is 18.7. The zero-order valence-electron chi connectivity index (χ0n) is 14.7. The van der Waals surface area contributed by atoms with Gasteiger partial charge in [0.15, 0.2) is 5.78 Å². The molecule has 0 saturated carbocycles. The average Bonchev–Trinajstić information content (AvgIpc) is 3.07. The van der Waals surface area contributed by atoms with Gasteiger partial charge in [0.1, 0.15) is 11.2 Å². The summed E-state index contributed by atoms with van der Waals surface area (Å²) in [5, 5.41) is 6.78. The van der Waals surface area contributed by atoms with E-state index in [4.69, 9.17) is 4.74 Å². The minimum atomic E-state index is -0.950. The minimum Gasteiger partial charge on any atom is -0.382 e. The number of carbonyl (C=O) groups excluding carboxylic acids is 2. The lowest BCUT2D eigenvalue weighted by Crippen LogP contribution is -2.53. The first kappa shape index (κ1) is 17.9. The smallest absolute Gasteiger partial charge is 0.252 e. The lowest BCUT2D eigenvalue weighted by atomic mass is 9.96. The van der Waals surface area contributed by atoms with Gasteiger partial charge >= 0.3 is 0 Å². The van der Waals surface area contributed by atoms with Crippen molar-refractivity contribution in [2.45, 2.75) is 12.5 Å². The molecule has 0 spiro atoms. The number of hydrogen-bond donors (Lipinski definition) is 3. The number of H-pyrrole nitrogens is 1. The Kier molecular flexibility index (Phi) is 4.39. The number of hydrogen-bond acceptors (Lipinski definition) is 5. The van der Waals surface area contributed by atoms with E-state index in [2.05, 4.69) is 43.2 Å². The molecule has 138 valence electrons. The molecule has 0 fully saturated rings. The Bertz CT molecular complexity index is 1080. The predicted molar refractivity (Wildman–Crippen MR) is 111 cm³/mol. The second-order valence-electron chi connectivity index (χ2n) is 6.63. The second-order valence-corrected chi connectivity index (χ2v) is 7.79. The fourth-order valence-corrected chi connectivity index (χ4v) is 3.91. The first-order valence-electron chi connectivity index (χ1n) is 8.32. The molecule has 3 N–H and O–H groups in total. The van der Waals surface area contributed by atoms with E-state index < -0.39 is 5.54 Å². The molecule has 1 atom stereocenters. The van der Waals surface area contributed by atoms with Gasteiger partial charge in [0.25, 0.3) is 5.91 Å². The van der Waals surface area contributed by atoms with Crippen LogP contribution in [-0.2, 0) is 9.53 Å². The number of pyridine rings is 1. The first-order chi connectivity index (χ1) is 12.9. The summed E-state index contributed by atoms with van der Waals surface area (Å²) in [6.07, 6.45) is 3.24. The van der Waals surface area contributed by atoms with Crippen molar-refractivity contribution in [3.05, 3.63) is 51.4 Å². The number of anilines is 2. The van der Waals surface area contributed by atoms with E-state index in [1.807, 2.05) is 18.2 Å². The van der Waals surface area contributed by atoms with Crippen LogP contribution < -0.4 is 10.6 Å². The molecular formula is C19H17IN4O3. The Labute approximate surface area is 169 Å². The molecule has 1 aliphatic heterocycles. The fourth-order valence-electron chi connectivity index (χ4n) is 3.27. The number of halogens is 1. The van der Waals surface area contributed by atoms with Gasteiger partial charge in [-0.1, -0.05) is 12.1 Å². The summed E-state index contributed by atoms with van der Waals surface area (Å²) >= 11 is 2.15. The molecule has 4 rings (SSSR count). The van der Waals surface area contributed by atoms with Crippen LogP contribution in [0.5, 0.6) is 0 Å². The number of nitrogens with zero attached hydrogens (tertiary/aromatic N) is 1. The van der Waals surface area contributed by atoms with Crippen molar-refractivity contribution in [1.82, 2.24) is 9.97 Å². The van der Waals surface area contributed by atoms with Crippen molar-refractivity contribution in [2.24, 2.45) is 0 Å². The van der Waals surface area contributed by atoms with Crippen LogP contribution in [0.1, 0.15) is 22.8 Å². The Morgan fingerprint density at radius 3 is 2.81 bits per heavy atom. The van der Waals surface area contributed by atoms with Gasteiger partial charge in [-0.15, -0.1) is 0 Å². The SMILES string of the molecule is COC[C@]1(C)Nc2c(cnc3[nH]cc(C(=O)c4ccccc4I)c23)NC1=O. The van der Waals surface area contributed by atoms with Crippen LogP contribution in [-0.4, -0.2) is 40.9 Å². The van der Waals surface area contributed by atoms with E-state index >= 15 is 0 Å². The van der Waals surface area contributed by atoms with E-state index in [0.717, 1.165) is 3.57 Å². The molecule has 27 heavy (non-hydrogen) atoms. The Morgan fingerprint density at radius 1 is 1.30 bits per heavy atom. The molecule has 1 aromatic carbocycles. The molecule has 3 aromatic rings. The van der Waals surface area contributed by atoms with E-state index in [0.29, 0.717) is 33.5 Å². The fraction of sp³-hybridized carbons (Fsp3) is 0.211. The number of ketones is 1. The summed E-state index contributed by atoms with van der Waals surface area (Å²) in [5.74, 6) is -0.312. The maximum atomic E-state index is 13.2. The Balaban J connectivity index is 1.89. The van der Waals surface area contributed by atoms with E-state index in [1.165, 1.54) is 0 Å². The molecule has 0 saturated heterocycles. The molecule has 0 radical (unpaired) electrons. The maximum Gasteiger partial charge on any atom is 0.252 e. The van der Waals surface area contributed by atoms with Crippen LogP contribution in [0.4, 0.5) is 11.4 Å². The largest absolute Gasteiger partial charge is 0.382 e. The number of rotatable bonds is 4. The quantitative estimate of drug-likeness (QED) is 0.397. The van der Waals surface area contributed by atoms with E-state index in [1.54, 1.807) is 32.5 Å². The van der Waals surface area contributed by atoms with Crippen LogP contribution in [0.2, 0.25) is 0 Å². The third kappa shape index (κ3) is 2.88. The standard InChI is InChI=1S/C19H17IN4O3/c1-19(9-27-2)18(26)23-13-8-22-17-14(15(13)24-19)11(7-21-17)16(25)10-5-3-4-6-12(10)20/h3-8,24H,9H2,1-2H3,(H,21,22)(H,23,26)/t19-/m0/s1. The van der Waals surface area contributed by atoms with Crippen molar-refractivity contribution >= 4 is 56.7 Å². The summed E-state index contributed by atoms with van der Waals surface area (Å²) in [6, 6.07) is 7.43. The van der Waals surface area contributed by atoms with Crippen LogP contribution in [0.3, 0.4) is 0 Å². The number of carbonyl (C=O) groups is 2. The van der Waals surface area contributed by atoms with Crippen LogP contribution >= 0.6 is 22.6 Å². The van der Waals surface area contributed by atoms with Gasteiger partial charge < -0.3 is 20.4 Å². The number of ether oxygens (including phenoxy) is 1. The molecular weight excluding hydrogens is 459 g/mol. The predicted octanol–water partition coefficient (Wildman–Crippen LogP) is 3.17.